The lowest BCUT2D eigenvalue weighted by Gasteiger charge is -2.33. The molecule has 0 radical (unpaired) electrons. The number of methoxy groups -OCH3 is 1. The monoisotopic (exact) mass is 449 g/mol. The largest absolute Gasteiger partial charge is 0.385 e. The number of nitrogens with zero attached hydrogens (tertiary/aromatic N) is 1. The van der Waals surface area contributed by atoms with Crippen LogP contribution in [0.25, 0.3) is 0 Å². The van der Waals surface area contributed by atoms with E-state index in [2.05, 4.69) is 10.0 Å². The number of rotatable bonds is 9. The Bertz CT molecular complexity index is 975. The van der Waals surface area contributed by atoms with Gasteiger partial charge in [0.25, 0.3) is 0 Å². The lowest BCUT2D eigenvalue weighted by molar-refractivity contribution is -0.120. The van der Waals surface area contributed by atoms with Crippen molar-refractivity contribution in [3.63, 3.8) is 0 Å². The summed E-state index contributed by atoms with van der Waals surface area (Å²) in [5, 5.41) is 2.85. The summed E-state index contributed by atoms with van der Waals surface area (Å²) >= 11 is 0. The minimum Gasteiger partial charge on any atom is -0.385 e. The summed E-state index contributed by atoms with van der Waals surface area (Å²) in [5.74, 6) is -0.538. The molecule has 0 unspecified atom stereocenters. The molecule has 1 amide bonds. The third-order valence-electron chi connectivity index (χ3n) is 5.31. The van der Waals surface area contributed by atoms with E-state index in [4.69, 9.17) is 4.74 Å². The van der Waals surface area contributed by atoms with Gasteiger partial charge in [0, 0.05) is 45.0 Å². The Kier molecular flexibility index (Phi) is 8.00. The number of amides is 1. The van der Waals surface area contributed by atoms with Crippen molar-refractivity contribution in [2.75, 3.05) is 43.6 Å². The van der Waals surface area contributed by atoms with E-state index >= 15 is 0 Å². The lowest BCUT2D eigenvalue weighted by Crippen LogP contribution is -2.38. The van der Waals surface area contributed by atoms with Crippen molar-refractivity contribution < 1.29 is 22.3 Å². The molecule has 31 heavy (non-hydrogen) atoms. The van der Waals surface area contributed by atoms with Crippen molar-refractivity contribution in [1.29, 1.82) is 0 Å². The number of carbonyl (C=O) groups is 1. The Morgan fingerprint density at radius 2 is 1.81 bits per heavy atom. The van der Waals surface area contributed by atoms with Crippen LogP contribution in [0, 0.1) is 11.7 Å². The van der Waals surface area contributed by atoms with E-state index in [-0.39, 0.29) is 22.5 Å². The first-order chi connectivity index (χ1) is 14.9. The number of nitrogens with one attached hydrogen (secondary N) is 2. The normalized spacial score (nSPS) is 15.1. The molecule has 0 saturated carbocycles. The highest BCUT2D eigenvalue weighted by Crippen LogP contribution is 2.26. The molecule has 168 valence electrons. The van der Waals surface area contributed by atoms with E-state index in [1.165, 1.54) is 18.2 Å². The summed E-state index contributed by atoms with van der Waals surface area (Å²) in [6.45, 7) is 1.98. The summed E-state index contributed by atoms with van der Waals surface area (Å²) in [5.41, 5.74) is 1.11. The van der Waals surface area contributed by atoms with Crippen LogP contribution in [0.5, 0.6) is 0 Å². The van der Waals surface area contributed by atoms with Gasteiger partial charge in [-0.15, -0.1) is 0 Å². The van der Waals surface area contributed by atoms with Crippen LogP contribution in [0.4, 0.5) is 15.8 Å². The van der Waals surface area contributed by atoms with Crippen LogP contribution < -0.4 is 14.9 Å². The summed E-state index contributed by atoms with van der Waals surface area (Å²) < 4.78 is 45.9. The minimum absolute atomic E-state index is 0.110. The fraction of sp³-hybridized carbons (Fsp3) is 0.409. The predicted octanol–water partition coefficient (Wildman–Crippen LogP) is 3.00. The highest BCUT2D eigenvalue weighted by Gasteiger charge is 2.26. The second kappa shape index (κ2) is 10.7. The number of sulfonamides is 1. The van der Waals surface area contributed by atoms with E-state index in [9.17, 15) is 17.6 Å². The molecule has 7 nitrogen and oxygen atoms in total. The maximum Gasteiger partial charge on any atom is 0.240 e. The van der Waals surface area contributed by atoms with Gasteiger partial charge in [0.05, 0.1) is 10.6 Å². The molecule has 2 N–H and O–H groups in total. The first kappa shape index (κ1) is 23.2. The van der Waals surface area contributed by atoms with Gasteiger partial charge in [-0.2, -0.15) is 0 Å². The van der Waals surface area contributed by atoms with Crippen LogP contribution in [-0.2, 0) is 19.6 Å². The van der Waals surface area contributed by atoms with Crippen LogP contribution in [0.1, 0.15) is 19.3 Å². The smallest absolute Gasteiger partial charge is 0.240 e. The molecule has 1 saturated heterocycles. The molecular weight excluding hydrogens is 421 g/mol. The predicted molar refractivity (Wildman–Crippen MR) is 118 cm³/mol. The molecule has 1 aliphatic rings. The summed E-state index contributed by atoms with van der Waals surface area (Å²) in [4.78, 5) is 14.7. The lowest BCUT2D eigenvalue weighted by atomic mass is 9.95. The van der Waals surface area contributed by atoms with Crippen LogP contribution in [0.2, 0.25) is 0 Å². The van der Waals surface area contributed by atoms with Crippen molar-refractivity contribution >= 4 is 27.3 Å². The third-order valence-corrected chi connectivity index (χ3v) is 6.79. The number of benzene rings is 2. The fourth-order valence-corrected chi connectivity index (χ4v) is 4.63. The average Bonchev–Trinajstić information content (AvgIpc) is 2.77. The van der Waals surface area contributed by atoms with Gasteiger partial charge < -0.3 is 15.0 Å². The van der Waals surface area contributed by atoms with Crippen molar-refractivity contribution in [2.45, 2.75) is 24.2 Å². The Hall–Kier alpha value is -2.49. The molecule has 9 heteroatoms. The second-order valence-electron chi connectivity index (χ2n) is 7.47. The molecule has 0 aliphatic carbocycles. The van der Waals surface area contributed by atoms with Crippen molar-refractivity contribution in [2.24, 2.45) is 5.92 Å². The number of anilines is 2. The van der Waals surface area contributed by atoms with E-state index < -0.39 is 10.0 Å². The Balaban J connectivity index is 1.51. The van der Waals surface area contributed by atoms with Gasteiger partial charge in [-0.3, -0.25) is 4.79 Å². The Morgan fingerprint density at radius 1 is 1.13 bits per heavy atom. The van der Waals surface area contributed by atoms with Gasteiger partial charge >= 0.3 is 0 Å². The third kappa shape index (κ3) is 6.25. The zero-order chi connectivity index (χ0) is 22.3. The molecule has 1 fully saturated rings. The molecule has 2 aromatic carbocycles. The second-order valence-corrected chi connectivity index (χ2v) is 9.24. The van der Waals surface area contributed by atoms with Crippen LogP contribution in [0.15, 0.2) is 53.4 Å². The van der Waals surface area contributed by atoms with Gasteiger partial charge in [0.15, 0.2) is 0 Å². The first-order valence-electron chi connectivity index (χ1n) is 10.3. The molecule has 0 spiro atoms. The Morgan fingerprint density at radius 3 is 2.45 bits per heavy atom. The van der Waals surface area contributed by atoms with Gasteiger partial charge in [-0.1, -0.05) is 12.1 Å². The van der Waals surface area contributed by atoms with Gasteiger partial charge in [-0.25, -0.2) is 17.5 Å². The van der Waals surface area contributed by atoms with E-state index in [1.54, 1.807) is 37.4 Å². The molecule has 3 rings (SSSR count). The van der Waals surface area contributed by atoms with E-state index in [0.717, 1.165) is 0 Å². The summed E-state index contributed by atoms with van der Waals surface area (Å²) in [6.07, 6.45) is 1.83. The van der Waals surface area contributed by atoms with Crippen LogP contribution in [-0.4, -0.2) is 47.7 Å². The maximum absolute atomic E-state index is 14.0. The zero-order valence-corrected chi connectivity index (χ0v) is 18.3. The zero-order valence-electron chi connectivity index (χ0n) is 17.5. The molecule has 1 heterocycles. The molecule has 0 bridgehead atoms. The number of hydrogen-bond acceptors (Lipinski definition) is 5. The van der Waals surface area contributed by atoms with E-state index in [1.807, 2.05) is 4.90 Å². The number of hydrogen-bond donors (Lipinski definition) is 2. The number of ether oxygens (including phenoxy) is 1. The maximum atomic E-state index is 14.0. The average molecular weight is 450 g/mol. The van der Waals surface area contributed by atoms with Gasteiger partial charge in [0.2, 0.25) is 15.9 Å². The fourth-order valence-electron chi connectivity index (χ4n) is 3.56. The number of halogens is 1. The molecule has 0 aromatic heterocycles. The van der Waals surface area contributed by atoms with Crippen LogP contribution >= 0.6 is 0 Å². The SMILES string of the molecule is COCCCNS(=O)(=O)c1ccc(NC(=O)C2CCN(c3ccccc3F)CC2)cc1. The van der Waals surface area contributed by atoms with Crippen molar-refractivity contribution in [3.05, 3.63) is 54.3 Å². The number of para-hydroxylation sites is 1. The molecule has 0 atom stereocenters. The minimum atomic E-state index is -3.60. The topological polar surface area (TPSA) is 87.7 Å². The van der Waals surface area contributed by atoms with E-state index in [0.29, 0.717) is 56.9 Å². The highest BCUT2D eigenvalue weighted by atomic mass is 32.2. The van der Waals surface area contributed by atoms with Crippen LogP contribution in [0.3, 0.4) is 0 Å². The van der Waals surface area contributed by atoms with Crippen molar-refractivity contribution in [3.8, 4) is 0 Å². The quantitative estimate of drug-likeness (QED) is 0.575. The van der Waals surface area contributed by atoms with Gasteiger partial charge in [0.1, 0.15) is 5.82 Å². The highest BCUT2D eigenvalue weighted by molar-refractivity contribution is 7.89. The first-order valence-corrected chi connectivity index (χ1v) is 11.8. The van der Waals surface area contributed by atoms with Gasteiger partial charge in [-0.05, 0) is 55.7 Å². The molecule has 2 aromatic rings. The molecule has 1 aliphatic heterocycles. The Labute approximate surface area is 182 Å². The van der Waals surface area contributed by atoms with Crippen molar-refractivity contribution in [1.82, 2.24) is 4.72 Å². The number of piperidine rings is 1. The summed E-state index contributed by atoms with van der Waals surface area (Å²) in [7, 11) is -2.03. The number of carbonyl (C=O) groups excluding carboxylic acids is 1. The standard InChI is InChI=1S/C22H28FN3O4S/c1-30-16-4-13-24-31(28,29)19-9-7-18(8-10-19)25-22(27)17-11-14-26(15-12-17)21-6-3-2-5-20(21)23/h2-3,5-10,17,24H,4,11-16H2,1H3,(H,25,27). The summed E-state index contributed by atoms with van der Waals surface area (Å²) in [6, 6.07) is 12.7. The molecular formula is C22H28FN3O4S.